The van der Waals surface area contributed by atoms with E-state index in [-0.39, 0.29) is 11.3 Å². The summed E-state index contributed by atoms with van der Waals surface area (Å²) in [5.41, 5.74) is 4.72. The van der Waals surface area contributed by atoms with Gasteiger partial charge in [0.1, 0.15) is 5.82 Å². The molecule has 5 heteroatoms. The molecule has 5 nitrogen and oxygen atoms in total. The molecule has 0 aliphatic heterocycles. The molecule has 0 unspecified atom stereocenters. The zero-order valence-corrected chi connectivity index (χ0v) is 4.59. The molecule has 1 aromatic rings. The van der Waals surface area contributed by atoms with Crippen molar-refractivity contribution in [2.75, 3.05) is 5.73 Å². The Hall–Kier alpha value is -1.36. The Labute approximate surface area is 50.9 Å². The van der Waals surface area contributed by atoms with Gasteiger partial charge in [-0.2, -0.15) is 4.98 Å². The minimum absolute atomic E-state index is 0. The van der Waals surface area contributed by atoms with E-state index < -0.39 is 5.69 Å². The maximum Gasteiger partial charge on any atom is 0.346 e. The molecular weight excluding hydrogens is 122 g/mol. The first-order chi connectivity index (χ1) is 3.79. The third-order valence-electron chi connectivity index (χ3n) is 0.692. The summed E-state index contributed by atoms with van der Waals surface area (Å²) < 4.78 is 0. The van der Waals surface area contributed by atoms with Crippen LogP contribution < -0.4 is 11.4 Å². The van der Waals surface area contributed by atoms with Crippen LogP contribution >= 0.6 is 0 Å². The second-order valence-corrected chi connectivity index (χ2v) is 1.32. The summed E-state index contributed by atoms with van der Waals surface area (Å²) in [5.74, 6) is 0.244. The van der Waals surface area contributed by atoms with Crippen molar-refractivity contribution in [2.45, 2.75) is 0 Å². The van der Waals surface area contributed by atoms with E-state index in [4.69, 9.17) is 5.73 Å². The molecule has 0 spiro atoms. The fourth-order valence-corrected chi connectivity index (χ4v) is 0.385. The number of nitrogens with two attached hydrogens (primary N) is 1. The van der Waals surface area contributed by atoms with Gasteiger partial charge in [-0.15, -0.1) is 0 Å². The van der Waals surface area contributed by atoms with Gasteiger partial charge in [0.05, 0.1) is 0 Å². The van der Waals surface area contributed by atoms with Crippen molar-refractivity contribution in [3.8, 4) is 0 Å². The highest BCUT2D eigenvalue weighted by Crippen LogP contribution is 1.82. The van der Waals surface area contributed by atoms with E-state index in [0.717, 1.165) is 0 Å². The van der Waals surface area contributed by atoms with Gasteiger partial charge >= 0.3 is 5.69 Å². The first-order valence-corrected chi connectivity index (χ1v) is 2.10. The van der Waals surface area contributed by atoms with Crippen molar-refractivity contribution in [3.05, 3.63) is 22.7 Å². The molecule has 0 saturated heterocycles. The molecule has 9 heavy (non-hydrogen) atoms. The van der Waals surface area contributed by atoms with E-state index in [1.807, 2.05) is 0 Å². The molecule has 0 fully saturated rings. The molecule has 0 bridgehead atoms. The van der Waals surface area contributed by atoms with Gasteiger partial charge in [0.25, 0.3) is 0 Å². The van der Waals surface area contributed by atoms with Crippen LogP contribution in [0.1, 0.15) is 0 Å². The topological polar surface area (TPSA) is 103 Å². The average molecular weight is 129 g/mol. The molecular formula is C4H7N3O2. The Bertz CT molecular complexity index is 231. The lowest BCUT2D eigenvalue weighted by atomic mass is 10.6. The van der Waals surface area contributed by atoms with Crippen LogP contribution in [0.4, 0.5) is 5.82 Å². The molecule has 0 radical (unpaired) electrons. The first kappa shape index (κ1) is 7.64. The molecule has 0 saturated carbocycles. The summed E-state index contributed by atoms with van der Waals surface area (Å²) in [4.78, 5) is 15.9. The molecule has 0 amide bonds. The quantitative estimate of drug-likeness (QED) is 0.446. The zero-order chi connectivity index (χ0) is 5.98. The highest BCUT2D eigenvalue weighted by Gasteiger charge is 1.81. The molecule has 0 aliphatic carbocycles. The molecule has 1 rings (SSSR count). The van der Waals surface area contributed by atoms with E-state index in [1.54, 1.807) is 0 Å². The predicted octanol–water partition coefficient (Wildman–Crippen LogP) is -1.47. The third kappa shape index (κ3) is 1.92. The van der Waals surface area contributed by atoms with Crippen LogP contribution in [0.15, 0.2) is 17.1 Å². The molecule has 1 aromatic heterocycles. The summed E-state index contributed by atoms with van der Waals surface area (Å²) in [6.45, 7) is 0. The van der Waals surface area contributed by atoms with Crippen LogP contribution in [0.5, 0.6) is 0 Å². The van der Waals surface area contributed by atoms with Gasteiger partial charge in [0.2, 0.25) is 0 Å². The van der Waals surface area contributed by atoms with Crippen molar-refractivity contribution < 1.29 is 5.48 Å². The van der Waals surface area contributed by atoms with E-state index in [2.05, 4.69) is 9.97 Å². The molecule has 0 aromatic carbocycles. The second kappa shape index (κ2) is 2.83. The second-order valence-electron chi connectivity index (χ2n) is 1.32. The Kier molecular flexibility index (Phi) is 2.40. The van der Waals surface area contributed by atoms with Gasteiger partial charge in [-0.05, 0) is 6.07 Å². The summed E-state index contributed by atoms with van der Waals surface area (Å²) in [6.07, 6.45) is 1.45. The fourth-order valence-electron chi connectivity index (χ4n) is 0.385. The number of H-pyrrole nitrogens is 1. The third-order valence-corrected chi connectivity index (χ3v) is 0.692. The number of hydrogen-bond donors (Lipinski definition) is 2. The molecule has 50 valence electrons. The van der Waals surface area contributed by atoms with E-state index in [9.17, 15) is 4.79 Å². The van der Waals surface area contributed by atoms with Crippen LogP contribution in [0, 0.1) is 0 Å². The van der Waals surface area contributed by atoms with Crippen molar-refractivity contribution >= 4 is 5.82 Å². The monoisotopic (exact) mass is 129 g/mol. The summed E-state index contributed by atoms with van der Waals surface area (Å²) >= 11 is 0. The first-order valence-electron chi connectivity index (χ1n) is 2.10. The lowest BCUT2D eigenvalue weighted by molar-refractivity contribution is 0.824. The fraction of sp³-hybridized carbons (Fsp3) is 0. The largest absolute Gasteiger partial charge is 0.412 e. The smallest absolute Gasteiger partial charge is 0.346 e. The van der Waals surface area contributed by atoms with Crippen molar-refractivity contribution in [1.82, 2.24) is 9.97 Å². The number of rotatable bonds is 0. The van der Waals surface area contributed by atoms with E-state index >= 15 is 0 Å². The molecule has 1 heterocycles. The lowest BCUT2D eigenvalue weighted by Gasteiger charge is -1.83. The summed E-state index contributed by atoms with van der Waals surface area (Å²) in [5, 5.41) is 0. The van der Waals surface area contributed by atoms with E-state index in [0.29, 0.717) is 0 Å². The van der Waals surface area contributed by atoms with Gasteiger partial charge in [0, 0.05) is 6.20 Å². The predicted molar refractivity (Wildman–Crippen MR) is 32.9 cm³/mol. The summed E-state index contributed by atoms with van der Waals surface area (Å²) in [7, 11) is 0. The number of anilines is 1. The Morgan fingerprint density at radius 3 is 2.67 bits per heavy atom. The highest BCUT2D eigenvalue weighted by molar-refractivity contribution is 5.22. The number of nitrogen functional groups attached to an aromatic ring is 1. The maximum atomic E-state index is 10.2. The number of aromatic nitrogens is 2. The van der Waals surface area contributed by atoms with Gasteiger partial charge in [-0.25, -0.2) is 4.79 Å². The molecule has 0 atom stereocenters. The normalized spacial score (nSPS) is 8.00. The van der Waals surface area contributed by atoms with Crippen LogP contribution in [-0.2, 0) is 0 Å². The van der Waals surface area contributed by atoms with Crippen LogP contribution in [-0.4, -0.2) is 15.4 Å². The lowest BCUT2D eigenvalue weighted by Crippen LogP contribution is -2.10. The minimum atomic E-state index is -0.412. The number of hydrogen-bond acceptors (Lipinski definition) is 3. The Morgan fingerprint density at radius 2 is 2.33 bits per heavy atom. The van der Waals surface area contributed by atoms with Crippen LogP contribution in [0.3, 0.4) is 0 Å². The Morgan fingerprint density at radius 1 is 1.67 bits per heavy atom. The number of nitrogens with one attached hydrogen (secondary N) is 1. The van der Waals surface area contributed by atoms with Crippen molar-refractivity contribution in [2.24, 2.45) is 0 Å². The highest BCUT2D eigenvalue weighted by atomic mass is 16.1. The molecule has 0 aliphatic rings. The molecule has 5 N–H and O–H groups in total. The standard InChI is InChI=1S/C4H5N3O.H2O/c5-3-1-2-6-4(8)7-3;/h1-2H,(H3,5,6,7,8);1H2. The van der Waals surface area contributed by atoms with E-state index in [1.165, 1.54) is 12.3 Å². The van der Waals surface area contributed by atoms with Crippen molar-refractivity contribution in [1.29, 1.82) is 0 Å². The van der Waals surface area contributed by atoms with Gasteiger partial charge in [-0.3, -0.25) is 0 Å². The number of aromatic amines is 1. The zero-order valence-electron chi connectivity index (χ0n) is 4.59. The van der Waals surface area contributed by atoms with Crippen LogP contribution in [0.2, 0.25) is 0 Å². The van der Waals surface area contributed by atoms with Gasteiger partial charge in [-0.1, -0.05) is 0 Å². The van der Waals surface area contributed by atoms with Crippen molar-refractivity contribution in [3.63, 3.8) is 0 Å². The minimum Gasteiger partial charge on any atom is -0.412 e. The average Bonchev–Trinajstić information content (AvgIpc) is 1.64. The van der Waals surface area contributed by atoms with Crippen LogP contribution in [0.25, 0.3) is 0 Å². The number of nitrogens with zero attached hydrogens (tertiary/aromatic N) is 1. The Balaban J connectivity index is 0.000000640. The maximum absolute atomic E-state index is 10.2. The summed E-state index contributed by atoms with van der Waals surface area (Å²) in [6, 6.07) is 1.52. The van der Waals surface area contributed by atoms with Gasteiger partial charge in [0.15, 0.2) is 0 Å². The van der Waals surface area contributed by atoms with Gasteiger partial charge < -0.3 is 16.2 Å². The SMILES string of the molecule is Nc1cc[nH]c(=O)n1.O.